The Labute approximate surface area is 105 Å². The van der Waals surface area contributed by atoms with Gasteiger partial charge < -0.3 is 0 Å². The van der Waals surface area contributed by atoms with Crippen LogP contribution in [0.2, 0.25) is 15.1 Å². The van der Waals surface area contributed by atoms with Gasteiger partial charge in [0, 0.05) is 5.39 Å². The Morgan fingerprint density at radius 3 is 2.38 bits per heavy atom. The molecule has 6 heteroatoms. The van der Waals surface area contributed by atoms with Crippen LogP contribution in [0.25, 0.3) is 10.9 Å². The summed E-state index contributed by atoms with van der Waals surface area (Å²) < 4.78 is 25.0. The van der Waals surface area contributed by atoms with Gasteiger partial charge in [0.05, 0.1) is 20.6 Å². The second-order valence-electron chi connectivity index (χ2n) is 3.09. The van der Waals surface area contributed by atoms with E-state index in [0.29, 0.717) is 5.39 Å². The van der Waals surface area contributed by atoms with Gasteiger partial charge in [-0.05, 0) is 18.2 Å². The summed E-state index contributed by atoms with van der Waals surface area (Å²) in [5, 5.41) is 1.06. The van der Waals surface area contributed by atoms with Gasteiger partial charge in [-0.15, -0.1) is 0 Å². The molecule has 0 aliphatic carbocycles. The monoisotopic (exact) mass is 281 g/mol. The van der Waals surface area contributed by atoms with Gasteiger partial charge in [0.25, 0.3) is 6.43 Å². The molecule has 84 valence electrons. The molecule has 0 saturated heterocycles. The van der Waals surface area contributed by atoms with E-state index in [0.717, 1.165) is 6.07 Å². The maximum Gasteiger partial charge on any atom is 0.280 e. The van der Waals surface area contributed by atoms with Crippen molar-refractivity contribution in [1.82, 2.24) is 4.98 Å². The van der Waals surface area contributed by atoms with Crippen LogP contribution in [0.1, 0.15) is 12.1 Å². The van der Waals surface area contributed by atoms with Crippen LogP contribution in [0.4, 0.5) is 8.78 Å². The van der Waals surface area contributed by atoms with Crippen molar-refractivity contribution in [3.63, 3.8) is 0 Å². The molecule has 0 fully saturated rings. The molecular weight excluding hydrogens is 278 g/mol. The summed E-state index contributed by atoms with van der Waals surface area (Å²) in [4.78, 5) is 3.75. The third kappa shape index (κ3) is 1.95. The van der Waals surface area contributed by atoms with Crippen LogP contribution >= 0.6 is 34.8 Å². The van der Waals surface area contributed by atoms with Gasteiger partial charge in [0.15, 0.2) is 0 Å². The van der Waals surface area contributed by atoms with Crippen LogP contribution in [-0.2, 0) is 0 Å². The smallest absolute Gasteiger partial charge is 0.245 e. The minimum absolute atomic E-state index is 0.128. The number of benzene rings is 1. The number of rotatable bonds is 1. The minimum atomic E-state index is -2.70. The van der Waals surface area contributed by atoms with Crippen LogP contribution in [0.15, 0.2) is 18.2 Å². The van der Waals surface area contributed by atoms with Gasteiger partial charge in [0.1, 0.15) is 5.69 Å². The molecule has 0 bridgehead atoms. The summed E-state index contributed by atoms with van der Waals surface area (Å²) in [5.41, 5.74) is -0.223. The van der Waals surface area contributed by atoms with E-state index >= 15 is 0 Å². The van der Waals surface area contributed by atoms with E-state index in [1.165, 1.54) is 0 Å². The second-order valence-corrected chi connectivity index (χ2v) is 4.28. The maximum absolute atomic E-state index is 12.5. The number of halogens is 5. The first kappa shape index (κ1) is 11.8. The highest BCUT2D eigenvalue weighted by Gasteiger charge is 2.15. The van der Waals surface area contributed by atoms with Gasteiger partial charge in [-0.1, -0.05) is 34.8 Å². The zero-order chi connectivity index (χ0) is 11.9. The number of aromatic nitrogens is 1. The summed E-state index contributed by atoms with van der Waals surface area (Å²) in [6, 6.07) is 4.26. The number of fused-ring (bicyclic) bond motifs is 1. The zero-order valence-corrected chi connectivity index (χ0v) is 9.91. The van der Waals surface area contributed by atoms with E-state index in [-0.39, 0.29) is 20.6 Å². The molecule has 1 heterocycles. The van der Waals surface area contributed by atoms with Gasteiger partial charge in [-0.25, -0.2) is 13.8 Å². The zero-order valence-electron chi connectivity index (χ0n) is 7.65. The van der Waals surface area contributed by atoms with Gasteiger partial charge in [-0.2, -0.15) is 0 Å². The Balaban J connectivity index is 2.83. The molecule has 1 aromatic heterocycles. The Morgan fingerprint density at radius 1 is 1.06 bits per heavy atom. The van der Waals surface area contributed by atoms with Crippen molar-refractivity contribution in [2.45, 2.75) is 6.43 Å². The lowest BCUT2D eigenvalue weighted by molar-refractivity contribution is 0.146. The van der Waals surface area contributed by atoms with E-state index in [1.807, 2.05) is 0 Å². The molecule has 0 saturated carbocycles. The SMILES string of the molecule is FC(F)c1cc(Cl)c2ccc(Cl)c(Cl)c2n1. The largest absolute Gasteiger partial charge is 0.280 e. The van der Waals surface area contributed by atoms with Crippen molar-refractivity contribution >= 4 is 45.7 Å². The molecule has 0 aliphatic rings. The second kappa shape index (κ2) is 4.32. The summed E-state index contributed by atoms with van der Waals surface area (Å²) in [6.07, 6.45) is -2.70. The lowest BCUT2D eigenvalue weighted by Gasteiger charge is -2.06. The Morgan fingerprint density at radius 2 is 1.75 bits per heavy atom. The number of alkyl halides is 2. The van der Waals surface area contributed by atoms with Crippen molar-refractivity contribution in [1.29, 1.82) is 0 Å². The molecular formula is C10H4Cl3F2N. The highest BCUT2D eigenvalue weighted by atomic mass is 35.5. The van der Waals surface area contributed by atoms with Crippen LogP contribution in [0, 0.1) is 0 Å². The quantitative estimate of drug-likeness (QED) is 0.706. The molecule has 2 aromatic rings. The van der Waals surface area contributed by atoms with Crippen molar-refractivity contribution in [2.75, 3.05) is 0 Å². The maximum atomic E-state index is 12.5. The fourth-order valence-electron chi connectivity index (χ4n) is 1.32. The fourth-order valence-corrected chi connectivity index (χ4v) is 1.95. The molecule has 0 spiro atoms. The highest BCUT2D eigenvalue weighted by molar-refractivity contribution is 6.46. The van der Waals surface area contributed by atoms with E-state index < -0.39 is 12.1 Å². The number of pyridine rings is 1. The lowest BCUT2D eigenvalue weighted by atomic mass is 10.2. The van der Waals surface area contributed by atoms with Crippen molar-refractivity contribution in [3.05, 3.63) is 39.0 Å². The van der Waals surface area contributed by atoms with E-state index in [1.54, 1.807) is 12.1 Å². The predicted molar refractivity (Wildman–Crippen MR) is 61.7 cm³/mol. The van der Waals surface area contributed by atoms with Crippen LogP contribution in [0.3, 0.4) is 0 Å². The lowest BCUT2D eigenvalue weighted by Crippen LogP contribution is -1.92. The Kier molecular flexibility index (Phi) is 3.19. The number of hydrogen-bond acceptors (Lipinski definition) is 1. The van der Waals surface area contributed by atoms with E-state index in [4.69, 9.17) is 34.8 Å². The number of hydrogen-bond donors (Lipinski definition) is 0. The fraction of sp³-hybridized carbons (Fsp3) is 0.100. The van der Waals surface area contributed by atoms with Crippen molar-refractivity contribution in [3.8, 4) is 0 Å². The minimum Gasteiger partial charge on any atom is -0.245 e. The molecule has 1 nitrogen and oxygen atoms in total. The molecule has 0 unspecified atom stereocenters. The molecule has 0 N–H and O–H groups in total. The molecule has 1 aromatic carbocycles. The van der Waals surface area contributed by atoms with E-state index in [9.17, 15) is 8.78 Å². The van der Waals surface area contributed by atoms with E-state index in [2.05, 4.69) is 4.98 Å². The third-order valence-electron chi connectivity index (χ3n) is 2.07. The third-order valence-corrected chi connectivity index (χ3v) is 3.17. The standard InChI is InChI=1S/C10H4Cl3F2N/c11-5-2-1-4-6(12)3-7(10(14)15)16-9(4)8(5)13/h1-3,10H. The molecule has 0 radical (unpaired) electrons. The molecule has 0 aliphatic heterocycles. The summed E-state index contributed by atoms with van der Waals surface area (Å²) >= 11 is 17.5. The molecule has 0 amide bonds. The normalized spacial score (nSPS) is 11.4. The first-order valence-corrected chi connectivity index (χ1v) is 5.36. The molecule has 0 atom stereocenters. The van der Waals surface area contributed by atoms with Gasteiger partial charge >= 0.3 is 0 Å². The first-order chi connectivity index (χ1) is 7.50. The van der Waals surface area contributed by atoms with Gasteiger partial charge in [0.2, 0.25) is 0 Å². The summed E-state index contributed by atoms with van der Waals surface area (Å²) in [5.74, 6) is 0. The summed E-state index contributed by atoms with van der Waals surface area (Å²) in [7, 11) is 0. The topological polar surface area (TPSA) is 12.9 Å². The Bertz CT molecular complexity index is 557. The first-order valence-electron chi connectivity index (χ1n) is 4.23. The number of nitrogens with zero attached hydrogens (tertiary/aromatic N) is 1. The average molecular weight is 283 g/mol. The molecule has 2 rings (SSSR count). The molecule has 16 heavy (non-hydrogen) atoms. The highest BCUT2D eigenvalue weighted by Crippen LogP contribution is 2.34. The van der Waals surface area contributed by atoms with Crippen LogP contribution < -0.4 is 0 Å². The summed E-state index contributed by atoms with van der Waals surface area (Å²) in [6.45, 7) is 0. The average Bonchev–Trinajstić information content (AvgIpc) is 2.23. The van der Waals surface area contributed by atoms with Crippen LogP contribution in [0.5, 0.6) is 0 Å². The van der Waals surface area contributed by atoms with Crippen LogP contribution in [-0.4, -0.2) is 4.98 Å². The van der Waals surface area contributed by atoms with Crippen molar-refractivity contribution < 1.29 is 8.78 Å². The van der Waals surface area contributed by atoms with Crippen molar-refractivity contribution in [2.24, 2.45) is 0 Å². The van der Waals surface area contributed by atoms with Gasteiger partial charge in [-0.3, -0.25) is 0 Å². The predicted octanol–water partition coefficient (Wildman–Crippen LogP) is 5.13. The Hall–Kier alpha value is -0.640.